The quantitative estimate of drug-likeness (QED) is 0.155. The van der Waals surface area contributed by atoms with Crippen molar-refractivity contribution >= 4 is 18.5 Å². The van der Waals surface area contributed by atoms with Gasteiger partial charge in [-0.15, -0.1) is 0 Å². The number of hydrogen-bond donors (Lipinski definition) is 2. The summed E-state index contributed by atoms with van der Waals surface area (Å²) in [6, 6.07) is 42.7. The molecule has 4 rings (SSSR count). The van der Waals surface area contributed by atoms with E-state index in [0.717, 1.165) is 26.2 Å². The summed E-state index contributed by atoms with van der Waals surface area (Å²) in [6.07, 6.45) is 2.36. The van der Waals surface area contributed by atoms with Crippen LogP contribution in [0.15, 0.2) is 109 Å². The van der Waals surface area contributed by atoms with Gasteiger partial charge < -0.3 is 9.80 Å². The van der Waals surface area contributed by atoms with E-state index in [1.807, 2.05) is 0 Å². The molecule has 4 aromatic rings. The first-order valence-corrected chi connectivity index (χ1v) is 17.6. The standard InChI is InChI=1S/C39H51N2P/c1-7-40(8-2)38(33-25-21-31(5)22-26-33)29-37(30-39(41(9-3)10-4)34-27-23-32(6)24-28-34)42(35-17-13-11-14-18-35)36-19-15-12-16-20-36/h11-28,37-39H,7-10,29-30H2,1-6H3/p+2. The lowest BCUT2D eigenvalue weighted by atomic mass is 9.93. The summed E-state index contributed by atoms with van der Waals surface area (Å²) in [7, 11) is -0.569. The maximum Gasteiger partial charge on any atom is 0.114 e. The fourth-order valence-electron chi connectivity index (χ4n) is 6.76. The maximum absolute atomic E-state index is 2.41. The molecular weight excluding hydrogens is 527 g/mol. The molecule has 0 bridgehead atoms. The van der Waals surface area contributed by atoms with Crippen molar-refractivity contribution in [2.75, 3.05) is 26.2 Å². The van der Waals surface area contributed by atoms with Crippen LogP contribution >= 0.6 is 7.92 Å². The zero-order valence-corrected chi connectivity index (χ0v) is 27.7. The van der Waals surface area contributed by atoms with Crippen molar-refractivity contribution < 1.29 is 9.80 Å². The highest BCUT2D eigenvalue weighted by Crippen LogP contribution is 2.46. The fraction of sp³-hybridized carbons (Fsp3) is 0.385. The molecule has 0 aliphatic carbocycles. The average Bonchev–Trinajstić information content (AvgIpc) is 3.03. The van der Waals surface area contributed by atoms with Crippen molar-refractivity contribution in [1.82, 2.24) is 0 Å². The van der Waals surface area contributed by atoms with Gasteiger partial charge in [-0.3, -0.25) is 0 Å². The second-order valence-corrected chi connectivity index (χ2v) is 14.3. The highest BCUT2D eigenvalue weighted by molar-refractivity contribution is 7.73. The van der Waals surface area contributed by atoms with Crippen LogP contribution in [0.2, 0.25) is 0 Å². The summed E-state index contributed by atoms with van der Waals surface area (Å²) in [5, 5.41) is 3.00. The van der Waals surface area contributed by atoms with Gasteiger partial charge in [-0.1, -0.05) is 120 Å². The number of quaternary nitrogens is 2. The zero-order valence-electron chi connectivity index (χ0n) is 26.8. The van der Waals surface area contributed by atoms with Crippen molar-refractivity contribution in [3.8, 4) is 0 Å². The summed E-state index contributed by atoms with van der Waals surface area (Å²) in [5.74, 6) is 0. The summed E-state index contributed by atoms with van der Waals surface area (Å²) < 4.78 is 0. The predicted octanol–water partition coefficient (Wildman–Crippen LogP) is 6.22. The van der Waals surface area contributed by atoms with Crippen LogP contribution in [0.3, 0.4) is 0 Å². The van der Waals surface area contributed by atoms with Gasteiger partial charge >= 0.3 is 0 Å². The van der Waals surface area contributed by atoms with Crippen LogP contribution < -0.4 is 20.4 Å². The number of nitrogens with one attached hydrogen (secondary N) is 2. The van der Waals surface area contributed by atoms with Gasteiger partial charge in [0.2, 0.25) is 0 Å². The first-order chi connectivity index (χ1) is 20.5. The Morgan fingerprint density at radius 2 is 0.810 bits per heavy atom. The molecule has 0 radical (unpaired) electrons. The molecule has 0 heterocycles. The molecule has 2 nitrogen and oxygen atoms in total. The normalized spacial score (nSPS) is 13.9. The van der Waals surface area contributed by atoms with Crippen LogP contribution in [0.5, 0.6) is 0 Å². The minimum atomic E-state index is -0.569. The third-order valence-electron chi connectivity index (χ3n) is 9.21. The first-order valence-electron chi connectivity index (χ1n) is 16.2. The third-order valence-corrected chi connectivity index (χ3v) is 12.1. The smallest absolute Gasteiger partial charge is 0.114 e. The van der Waals surface area contributed by atoms with Crippen LogP contribution in [-0.4, -0.2) is 31.8 Å². The van der Waals surface area contributed by atoms with Gasteiger partial charge in [0.1, 0.15) is 12.1 Å². The molecule has 0 aliphatic heterocycles. The number of aryl methyl sites for hydroxylation is 2. The van der Waals surface area contributed by atoms with E-state index in [9.17, 15) is 0 Å². The Hall–Kier alpha value is -2.77. The highest BCUT2D eigenvalue weighted by Gasteiger charge is 2.36. The first kappa shape index (κ1) is 32.2. The van der Waals surface area contributed by atoms with E-state index in [4.69, 9.17) is 0 Å². The van der Waals surface area contributed by atoms with Gasteiger partial charge in [0, 0.05) is 24.0 Å². The average molecular weight is 581 g/mol. The Balaban J connectivity index is 1.88. The minimum Gasteiger partial charge on any atom is -0.329 e. The Morgan fingerprint density at radius 3 is 1.12 bits per heavy atom. The molecule has 4 aromatic carbocycles. The molecule has 3 heteroatoms. The van der Waals surface area contributed by atoms with E-state index in [2.05, 4.69) is 151 Å². The molecule has 0 aromatic heterocycles. The van der Waals surface area contributed by atoms with Crippen LogP contribution in [0.4, 0.5) is 0 Å². The summed E-state index contributed by atoms with van der Waals surface area (Å²) in [4.78, 5) is 3.36. The van der Waals surface area contributed by atoms with Gasteiger partial charge in [-0.25, -0.2) is 0 Å². The molecule has 2 N–H and O–H groups in total. The Bertz CT molecular complexity index is 1190. The lowest BCUT2D eigenvalue weighted by molar-refractivity contribution is -0.931. The Labute approximate surface area is 257 Å². The van der Waals surface area contributed by atoms with Crippen LogP contribution in [-0.2, 0) is 0 Å². The van der Waals surface area contributed by atoms with E-state index in [0.29, 0.717) is 17.7 Å². The highest BCUT2D eigenvalue weighted by atomic mass is 31.1. The Morgan fingerprint density at radius 1 is 0.476 bits per heavy atom. The predicted molar refractivity (Wildman–Crippen MR) is 184 cm³/mol. The Kier molecular flexibility index (Phi) is 12.4. The SMILES string of the molecule is CC[NH+](CC)C(CC(CC(c1ccc(C)cc1)[NH+](CC)CC)P(c1ccccc1)c1ccccc1)c1ccc(C)cc1. The molecular formula is C39H53N2P+2. The summed E-state index contributed by atoms with van der Waals surface area (Å²) >= 11 is 0. The van der Waals surface area contributed by atoms with E-state index in [-0.39, 0.29) is 0 Å². The molecule has 0 amide bonds. The lowest BCUT2D eigenvalue weighted by Crippen LogP contribution is -3.12. The number of hydrogen-bond acceptors (Lipinski definition) is 0. The monoisotopic (exact) mass is 580 g/mol. The molecule has 0 saturated heterocycles. The van der Waals surface area contributed by atoms with Crippen LogP contribution in [0, 0.1) is 13.8 Å². The van der Waals surface area contributed by atoms with Crippen LogP contribution in [0.25, 0.3) is 0 Å². The summed E-state index contributed by atoms with van der Waals surface area (Å²) in [6.45, 7) is 18.4. The van der Waals surface area contributed by atoms with Gasteiger partial charge in [-0.2, -0.15) is 0 Å². The molecule has 2 unspecified atom stereocenters. The van der Waals surface area contributed by atoms with E-state index >= 15 is 0 Å². The van der Waals surface area contributed by atoms with Crippen molar-refractivity contribution in [2.45, 2.75) is 72.1 Å². The van der Waals surface area contributed by atoms with Crippen molar-refractivity contribution in [2.24, 2.45) is 0 Å². The maximum atomic E-state index is 2.41. The molecule has 42 heavy (non-hydrogen) atoms. The van der Waals surface area contributed by atoms with Gasteiger partial charge in [0.15, 0.2) is 0 Å². The van der Waals surface area contributed by atoms with E-state index in [1.54, 1.807) is 9.80 Å². The molecule has 0 spiro atoms. The molecule has 2 atom stereocenters. The number of benzene rings is 4. The van der Waals surface area contributed by atoms with Crippen molar-refractivity contribution in [3.63, 3.8) is 0 Å². The largest absolute Gasteiger partial charge is 0.329 e. The molecule has 0 aliphatic rings. The zero-order chi connectivity index (χ0) is 29.9. The topological polar surface area (TPSA) is 8.88 Å². The second-order valence-electron chi connectivity index (χ2n) is 11.8. The number of rotatable bonds is 15. The van der Waals surface area contributed by atoms with E-state index in [1.165, 1.54) is 45.7 Å². The second kappa shape index (κ2) is 16.2. The summed E-state index contributed by atoms with van der Waals surface area (Å²) in [5.41, 5.74) is 6.18. The van der Waals surface area contributed by atoms with Crippen molar-refractivity contribution in [3.05, 3.63) is 131 Å². The van der Waals surface area contributed by atoms with Crippen molar-refractivity contribution in [1.29, 1.82) is 0 Å². The van der Waals surface area contributed by atoms with Gasteiger partial charge in [0.25, 0.3) is 0 Å². The minimum absolute atomic E-state index is 0.466. The molecule has 0 saturated carbocycles. The van der Waals surface area contributed by atoms with E-state index < -0.39 is 7.92 Å². The van der Waals surface area contributed by atoms with Crippen LogP contribution in [0.1, 0.15) is 74.9 Å². The fourth-order valence-corrected chi connectivity index (χ4v) is 9.73. The lowest BCUT2D eigenvalue weighted by Gasteiger charge is -2.37. The van der Waals surface area contributed by atoms with Gasteiger partial charge in [0.05, 0.1) is 26.2 Å². The molecule has 0 fully saturated rings. The third kappa shape index (κ3) is 8.19. The molecule has 222 valence electrons. The van der Waals surface area contributed by atoms with Gasteiger partial charge in [-0.05, 0) is 65.7 Å².